The van der Waals surface area contributed by atoms with Crippen molar-refractivity contribution in [3.8, 4) is 0 Å². The van der Waals surface area contributed by atoms with E-state index in [4.69, 9.17) is 0 Å². The fourth-order valence-corrected chi connectivity index (χ4v) is 3.23. The van der Waals surface area contributed by atoms with Crippen LogP contribution in [-0.2, 0) is 0 Å². The van der Waals surface area contributed by atoms with Crippen LogP contribution in [0.3, 0.4) is 0 Å². The van der Waals surface area contributed by atoms with Gasteiger partial charge in [0.2, 0.25) is 0 Å². The molecular weight excluding hydrogens is 360 g/mol. The molecule has 3 aromatic carbocycles. The SMILES string of the molecule is C/C=C\C(=C/C)C(=C(c1ccccc1)c1ccccc1)c1ccccc1.CC.CC. The van der Waals surface area contributed by atoms with Gasteiger partial charge in [-0.15, -0.1) is 0 Å². The highest BCUT2D eigenvalue weighted by Gasteiger charge is 2.15. The fraction of sp³-hybridized carbons (Fsp3) is 0.200. The molecule has 0 aromatic heterocycles. The molecule has 0 aliphatic rings. The molecule has 0 fully saturated rings. The first-order chi connectivity index (χ1) is 14.8. The molecule has 0 radical (unpaired) electrons. The first-order valence-electron chi connectivity index (χ1n) is 11.0. The summed E-state index contributed by atoms with van der Waals surface area (Å²) in [5.41, 5.74) is 7.40. The van der Waals surface area contributed by atoms with Crippen LogP contribution in [0.15, 0.2) is 115 Å². The van der Waals surface area contributed by atoms with Crippen molar-refractivity contribution < 1.29 is 0 Å². The van der Waals surface area contributed by atoms with Gasteiger partial charge in [-0.05, 0) is 47.3 Å². The van der Waals surface area contributed by atoms with E-state index in [1.54, 1.807) is 0 Å². The Balaban J connectivity index is 0.00000106. The summed E-state index contributed by atoms with van der Waals surface area (Å²) in [5, 5.41) is 0. The molecule has 0 spiro atoms. The molecule has 0 aliphatic carbocycles. The van der Waals surface area contributed by atoms with Gasteiger partial charge in [0.25, 0.3) is 0 Å². The Morgan fingerprint density at radius 3 is 1.23 bits per heavy atom. The Labute approximate surface area is 184 Å². The first-order valence-corrected chi connectivity index (χ1v) is 11.0. The van der Waals surface area contributed by atoms with E-state index in [2.05, 4.69) is 123 Å². The van der Waals surface area contributed by atoms with Crippen LogP contribution < -0.4 is 0 Å². The van der Waals surface area contributed by atoms with Gasteiger partial charge in [-0.1, -0.05) is 137 Å². The summed E-state index contributed by atoms with van der Waals surface area (Å²) in [4.78, 5) is 0. The Morgan fingerprint density at radius 1 is 0.533 bits per heavy atom. The monoisotopic (exact) mass is 396 g/mol. The molecular formula is C30H36. The molecule has 0 atom stereocenters. The van der Waals surface area contributed by atoms with Gasteiger partial charge in [0.1, 0.15) is 0 Å². The topological polar surface area (TPSA) is 0 Å². The zero-order chi connectivity index (χ0) is 22.2. The number of hydrogen-bond acceptors (Lipinski definition) is 0. The second kappa shape index (κ2) is 14.8. The number of benzene rings is 3. The van der Waals surface area contributed by atoms with Crippen LogP contribution in [0.1, 0.15) is 58.2 Å². The molecule has 0 saturated carbocycles. The maximum Gasteiger partial charge on any atom is -0.00269 e. The lowest BCUT2D eigenvalue weighted by Gasteiger charge is -2.18. The fourth-order valence-electron chi connectivity index (χ4n) is 3.23. The lowest BCUT2D eigenvalue weighted by atomic mass is 9.85. The van der Waals surface area contributed by atoms with Crippen molar-refractivity contribution in [2.45, 2.75) is 41.5 Å². The largest absolute Gasteiger partial charge is 0.0871 e. The van der Waals surface area contributed by atoms with Crippen molar-refractivity contribution in [2.24, 2.45) is 0 Å². The Hall–Kier alpha value is -3.12. The lowest BCUT2D eigenvalue weighted by molar-refractivity contribution is 1.49. The molecule has 0 bridgehead atoms. The minimum atomic E-state index is 1.22. The summed E-state index contributed by atoms with van der Waals surface area (Å²) in [6.45, 7) is 12.2. The van der Waals surface area contributed by atoms with Gasteiger partial charge in [-0.3, -0.25) is 0 Å². The molecule has 0 amide bonds. The van der Waals surface area contributed by atoms with E-state index in [1.165, 1.54) is 33.4 Å². The van der Waals surface area contributed by atoms with Crippen LogP contribution >= 0.6 is 0 Å². The zero-order valence-electron chi connectivity index (χ0n) is 19.4. The average molecular weight is 397 g/mol. The van der Waals surface area contributed by atoms with Gasteiger partial charge in [0.05, 0.1) is 0 Å². The minimum Gasteiger partial charge on any atom is -0.0871 e. The van der Waals surface area contributed by atoms with E-state index in [-0.39, 0.29) is 0 Å². The van der Waals surface area contributed by atoms with Gasteiger partial charge in [0.15, 0.2) is 0 Å². The number of allylic oxidation sites excluding steroid dienone is 5. The molecule has 3 aromatic rings. The van der Waals surface area contributed by atoms with Crippen molar-refractivity contribution in [1.82, 2.24) is 0 Å². The van der Waals surface area contributed by atoms with E-state index in [9.17, 15) is 0 Å². The van der Waals surface area contributed by atoms with Crippen molar-refractivity contribution in [3.63, 3.8) is 0 Å². The lowest BCUT2D eigenvalue weighted by Crippen LogP contribution is -1.97. The predicted molar refractivity (Wildman–Crippen MR) is 137 cm³/mol. The van der Waals surface area contributed by atoms with Crippen molar-refractivity contribution in [2.75, 3.05) is 0 Å². The third-order valence-corrected chi connectivity index (χ3v) is 4.38. The molecule has 0 heteroatoms. The second-order valence-electron chi connectivity index (χ2n) is 6.09. The summed E-state index contributed by atoms with van der Waals surface area (Å²) < 4.78 is 0. The Kier molecular flexibility index (Phi) is 12.3. The molecule has 0 saturated heterocycles. The summed E-state index contributed by atoms with van der Waals surface area (Å²) in [6, 6.07) is 31.9. The van der Waals surface area contributed by atoms with Gasteiger partial charge < -0.3 is 0 Å². The van der Waals surface area contributed by atoms with E-state index in [0.29, 0.717) is 0 Å². The quantitative estimate of drug-likeness (QED) is 0.298. The molecule has 3 rings (SSSR count). The van der Waals surface area contributed by atoms with Gasteiger partial charge in [-0.25, -0.2) is 0 Å². The van der Waals surface area contributed by atoms with Crippen LogP contribution in [0, 0.1) is 0 Å². The third-order valence-electron chi connectivity index (χ3n) is 4.38. The van der Waals surface area contributed by atoms with Crippen LogP contribution in [-0.4, -0.2) is 0 Å². The van der Waals surface area contributed by atoms with Crippen molar-refractivity contribution in [1.29, 1.82) is 0 Å². The van der Waals surface area contributed by atoms with E-state index >= 15 is 0 Å². The summed E-state index contributed by atoms with van der Waals surface area (Å²) in [6.07, 6.45) is 6.48. The molecule has 30 heavy (non-hydrogen) atoms. The molecule has 0 nitrogen and oxygen atoms in total. The highest BCUT2D eigenvalue weighted by Crippen LogP contribution is 2.37. The zero-order valence-corrected chi connectivity index (χ0v) is 19.4. The normalized spacial score (nSPS) is 10.4. The highest BCUT2D eigenvalue weighted by molar-refractivity contribution is 6.05. The minimum absolute atomic E-state index is 1.22. The number of hydrogen-bond donors (Lipinski definition) is 0. The molecule has 0 aliphatic heterocycles. The van der Waals surface area contributed by atoms with E-state index < -0.39 is 0 Å². The maximum atomic E-state index is 2.19. The van der Waals surface area contributed by atoms with E-state index in [0.717, 1.165) is 0 Å². The third kappa shape index (κ3) is 6.74. The smallest absolute Gasteiger partial charge is 0.00269 e. The summed E-state index contributed by atoms with van der Waals surface area (Å²) in [7, 11) is 0. The first kappa shape index (κ1) is 24.9. The maximum absolute atomic E-state index is 2.19. The summed E-state index contributed by atoms with van der Waals surface area (Å²) >= 11 is 0. The summed E-state index contributed by atoms with van der Waals surface area (Å²) in [5.74, 6) is 0. The van der Waals surface area contributed by atoms with Crippen LogP contribution in [0.5, 0.6) is 0 Å². The molecule has 0 heterocycles. The van der Waals surface area contributed by atoms with Crippen molar-refractivity contribution >= 4 is 11.1 Å². The van der Waals surface area contributed by atoms with Crippen molar-refractivity contribution in [3.05, 3.63) is 131 Å². The highest BCUT2D eigenvalue weighted by atomic mass is 14.2. The Morgan fingerprint density at radius 2 is 0.900 bits per heavy atom. The van der Waals surface area contributed by atoms with Gasteiger partial charge in [0, 0.05) is 0 Å². The predicted octanol–water partition coefficient (Wildman–Crippen LogP) is 9.22. The molecule has 156 valence electrons. The standard InChI is InChI=1S/C26H24.2C2H6/c1-3-14-21(4-2)25(22-15-8-5-9-16-22)26(23-17-10-6-11-18-23)24-19-12-7-13-20-24;2*1-2/h3-20H,1-2H3;2*1-2H3/b14-3-,21-4+;;. The molecule has 0 N–H and O–H groups in total. The van der Waals surface area contributed by atoms with Crippen LogP contribution in [0.2, 0.25) is 0 Å². The van der Waals surface area contributed by atoms with Gasteiger partial charge >= 0.3 is 0 Å². The Bertz CT molecular complexity index is 870. The van der Waals surface area contributed by atoms with Crippen LogP contribution in [0.25, 0.3) is 11.1 Å². The second-order valence-corrected chi connectivity index (χ2v) is 6.09. The van der Waals surface area contributed by atoms with Crippen LogP contribution in [0.4, 0.5) is 0 Å². The van der Waals surface area contributed by atoms with Gasteiger partial charge in [-0.2, -0.15) is 0 Å². The van der Waals surface area contributed by atoms with E-state index in [1.807, 2.05) is 27.7 Å². The average Bonchev–Trinajstić information content (AvgIpc) is 2.85. The molecule has 0 unspecified atom stereocenters. The number of rotatable bonds is 5.